The highest BCUT2D eigenvalue weighted by Gasteiger charge is 2.21. The number of nitrogens with two attached hydrogens (primary N) is 1. The zero-order valence-corrected chi connectivity index (χ0v) is 8.60. The third-order valence-corrected chi connectivity index (χ3v) is 2.85. The lowest BCUT2D eigenvalue weighted by molar-refractivity contribution is 0.100. The van der Waals surface area contributed by atoms with Crippen molar-refractivity contribution >= 4 is 22.9 Å². The molecule has 1 aliphatic carbocycles. The molecule has 0 fully saturated rings. The van der Waals surface area contributed by atoms with Crippen LogP contribution in [0.3, 0.4) is 0 Å². The fraction of sp³-hybridized carbons (Fsp3) is 0.0769. The summed E-state index contributed by atoms with van der Waals surface area (Å²) in [6.07, 6.45) is 6.97. The lowest BCUT2D eigenvalue weighted by Gasteiger charge is -2.06. The van der Waals surface area contributed by atoms with Crippen LogP contribution in [0.15, 0.2) is 41.4 Å². The van der Waals surface area contributed by atoms with Crippen LogP contribution in [0.25, 0.3) is 5.57 Å². The number of hydrogen-bond acceptors (Lipinski definition) is 2. The predicted molar refractivity (Wildman–Crippen MR) is 63.8 cm³/mol. The van der Waals surface area contributed by atoms with Crippen LogP contribution in [0.1, 0.15) is 22.3 Å². The number of aliphatic imine (C=N–C) groups is 1. The molecule has 3 nitrogen and oxygen atoms in total. The molecule has 1 aromatic carbocycles. The van der Waals surface area contributed by atoms with Crippen LogP contribution in [-0.2, 0) is 0 Å². The minimum absolute atomic E-state index is 0.400. The fourth-order valence-corrected chi connectivity index (χ4v) is 2.05. The molecular formula is C13H10N2O. The third-order valence-electron chi connectivity index (χ3n) is 2.85. The molecule has 16 heavy (non-hydrogen) atoms. The first-order valence-electron chi connectivity index (χ1n) is 5.15. The fourth-order valence-electron chi connectivity index (χ4n) is 2.05. The standard InChI is InChI=1S/C13H10N2O/c14-13(16)8-5-6-12-10(7-8)9-3-1-2-4-11(9)15-12/h1-3,5-7H,4H2,(H2,14,16). The molecule has 0 aromatic heterocycles. The smallest absolute Gasteiger partial charge is 0.248 e. The molecular weight excluding hydrogens is 200 g/mol. The lowest BCUT2D eigenvalue weighted by Crippen LogP contribution is -2.11. The van der Waals surface area contributed by atoms with Gasteiger partial charge in [-0.2, -0.15) is 0 Å². The van der Waals surface area contributed by atoms with Gasteiger partial charge in [-0.3, -0.25) is 9.79 Å². The van der Waals surface area contributed by atoms with Crippen LogP contribution in [0, 0.1) is 0 Å². The molecule has 0 spiro atoms. The van der Waals surface area contributed by atoms with Crippen molar-refractivity contribution in [3.8, 4) is 0 Å². The Morgan fingerprint density at radius 3 is 3.06 bits per heavy atom. The number of amides is 1. The Hall–Kier alpha value is -2.16. The summed E-state index contributed by atoms with van der Waals surface area (Å²) >= 11 is 0. The Morgan fingerprint density at radius 2 is 2.25 bits per heavy atom. The second-order valence-corrected chi connectivity index (χ2v) is 3.87. The second-order valence-electron chi connectivity index (χ2n) is 3.87. The molecule has 2 N–H and O–H groups in total. The van der Waals surface area contributed by atoms with Crippen LogP contribution in [0.2, 0.25) is 0 Å². The number of fused-ring (bicyclic) bond motifs is 3. The second kappa shape index (κ2) is 3.17. The Kier molecular flexibility index (Phi) is 1.80. The van der Waals surface area contributed by atoms with E-state index in [4.69, 9.17) is 5.73 Å². The maximum Gasteiger partial charge on any atom is 0.248 e. The van der Waals surface area contributed by atoms with E-state index in [9.17, 15) is 4.79 Å². The van der Waals surface area contributed by atoms with E-state index >= 15 is 0 Å². The third kappa shape index (κ3) is 1.21. The first-order valence-corrected chi connectivity index (χ1v) is 5.15. The Morgan fingerprint density at radius 1 is 1.38 bits per heavy atom. The van der Waals surface area contributed by atoms with E-state index < -0.39 is 5.91 Å². The zero-order chi connectivity index (χ0) is 11.1. The molecule has 0 radical (unpaired) electrons. The highest BCUT2D eigenvalue weighted by molar-refractivity contribution is 6.30. The van der Waals surface area contributed by atoms with E-state index in [0.29, 0.717) is 5.56 Å². The Balaban J connectivity index is 2.17. The molecule has 3 heteroatoms. The zero-order valence-electron chi connectivity index (χ0n) is 8.60. The largest absolute Gasteiger partial charge is 0.366 e. The molecule has 1 aliphatic heterocycles. The van der Waals surface area contributed by atoms with Crippen LogP contribution in [0.5, 0.6) is 0 Å². The molecule has 1 heterocycles. The van der Waals surface area contributed by atoms with Crippen molar-refractivity contribution in [2.45, 2.75) is 6.42 Å². The van der Waals surface area contributed by atoms with E-state index in [2.05, 4.69) is 11.1 Å². The maximum atomic E-state index is 11.1. The number of benzene rings is 1. The van der Waals surface area contributed by atoms with E-state index in [1.807, 2.05) is 24.3 Å². The number of nitrogens with zero attached hydrogens (tertiary/aromatic N) is 1. The van der Waals surface area contributed by atoms with E-state index in [0.717, 1.165) is 29.0 Å². The van der Waals surface area contributed by atoms with Crippen molar-refractivity contribution in [2.24, 2.45) is 10.7 Å². The molecule has 0 unspecified atom stereocenters. The topological polar surface area (TPSA) is 55.5 Å². The van der Waals surface area contributed by atoms with Gasteiger partial charge in [0.1, 0.15) is 0 Å². The number of primary amides is 1. The summed E-state index contributed by atoms with van der Waals surface area (Å²) in [6.45, 7) is 0. The van der Waals surface area contributed by atoms with Gasteiger partial charge < -0.3 is 5.73 Å². The predicted octanol–water partition coefficient (Wildman–Crippen LogP) is 2.21. The summed E-state index contributed by atoms with van der Waals surface area (Å²) in [7, 11) is 0. The van der Waals surface area contributed by atoms with Gasteiger partial charge in [0, 0.05) is 23.1 Å². The van der Waals surface area contributed by atoms with Gasteiger partial charge in [0.05, 0.1) is 11.4 Å². The molecule has 0 bridgehead atoms. The van der Waals surface area contributed by atoms with Crippen LogP contribution in [-0.4, -0.2) is 11.6 Å². The number of allylic oxidation sites excluding steroid dienone is 4. The van der Waals surface area contributed by atoms with Crippen molar-refractivity contribution in [1.29, 1.82) is 0 Å². The minimum Gasteiger partial charge on any atom is -0.366 e. The van der Waals surface area contributed by atoms with Gasteiger partial charge in [-0.1, -0.05) is 18.2 Å². The van der Waals surface area contributed by atoms with Gasteiger partial charge in [0.2, 0.25) is 5.91 Å². The molecule has 3 rings (SSSR count). The quantitative estimate of drug-likeness (QED) is 0.759. The van der Waals surface area contributed by atoms with Gasteiger partial charge in [0.15, 0.2) is 0 Å². The van der Waals surface area contributed by atoms with Crippen molar-refractivity contribution in [3.05, 3.63) is 47.6 Å². The summed E-state index contributed by atoms with van der Waals surface area (Å²) in [5, 5.41) is 0. The summed E-state index contributed by atoms with van der Waals surface area (Å²) in [5.41, 5.74) is 9.92. The van der Waals surface area contributed by atoms with Gasteiger partial charge in [0.25, 0.3) is 0 Å². The highest BCUT2D eigenvalue weighted by Crippen LogP contribution is 2.37. The van der Waals surface area contributed by atoms with Crippen molar-refractivity contribution in [1.82, 2.24) is 0 Å². The average Bonchev–Trinajstić information content (AvgIpc) is 2.66. The van der Waals surface area contributed by atoms with E-state index in [-0.39, 0.29) is 0 Å². The molecule has 2 aliphatic rings. The summed E-state index contributed by atoms with van der Waals surface area (Å²) in [6, 6.07) is 5.39. The number of carbonyl (C=O) groups is 1. The number of carbonyl (C=O) groups excluding carboxylic acids is 1. The van der Waals surface area contributed by atoms with Crippen LogP contribution >= 0.6 is 0 Å². The summed E-state index contributed by atoms with van der Waals surface area (Å²) in [4.78, 5) is 15.6. The van der Waals surface area contributed by atoms with E-state index in [1.54, 1.807) is 6.07 Å². The SMILES string of the molecule is NC(=O)c1ccc2c(c1)C1=CC=CCC1=N2. The molecule has 0 saturated heterocycles. The number of hydrogen-bond donors (Lipinski definition) is 1. The molecule has 1 aromatic rings. The first kappa shape index (κ1) is 9.09. The van der Waals surface area contributed by atoms with Gasteiger partial charge in [-0.15, -0.1) is 0 Å². The normalized spacial score (nSPS) is 16.2. The lowest BCUT2D eigenvalue weighted by atomic mass is 9.96. The number of rotatable bonds is 1. The molecule has 0 atom stereocenters. The average molecular weight is 210 g/mol. The van der Waals surface area contributed by atoms with Gasteiger partial charge >= 0.3 is 0 Å². The monoisotopic (exact) mass is 210 g/mol. The van der Waals surface area contributed by atoms with Crippen LogP contribution < -0.4 is 5.73 Å². The molecule has 78 valence electrons. The van der Waals surface area contributed by atoms with E-state index in [1.165, 1.54) is 0 Å². The molecule has 1 amide bonds. The highest BCUT2D eigenvalue weighted by atomic mass is 16.1. The van der Waals surface area contributed by atoms with Crippen LogP contribution in [0.4, 0.5) is 5.69 Å². The van der Waals surface area contributed by atoms with Gasteiger partial charge in [-0.25, -0.2) is 0 Å². The minimum atomic E-state index is -0.400. The maximum absolute atomic E-state index is 11.1. The van der Waals surface area contributed by atoms with Crippen molar-refractivity contribution in [2.75, 3.05) is 0 Å². The summed E-state index contributed by atoms with van der Waals surface area (Å²) in [5.74, 6) is -0.400. The molecule has 0 saturated carbocycles. The first-order chi connectivity index (χ1) is 7.75. The van der Waals surface area contributed by atoms with Crippen molar-refractivity contribution in [3.63, 3.8) is 0 Å². The van der Waals surface area contributed by atoms with Gasteiger partial charge in [-0.05, 0) is 18.2 Å². The van der Waals surface area contributed by atoms with Crippen molar-refractivity contribution < 1.29 is 4.79 Å². The Bertz CT molecular complexity index is 580. The summed E-state index contributed by atoms with van der Waals surface area (Å²) < 4.78 is 0. The Labute approximate surface area is 93.0 Å².